The summed E-state index contributed by atoms with van der Waals surface area (Å²) in [6.45, 7) is 1.98. The molecule has 0 aromatic carbocycles. The smallest absolute Gasteiger partial charge is 0.0713 e. The lowest BCUT2D eigenvalue weighted by Gasteiger charge is -1.99. The van der Waals surface area contributed by atoms with Crippen LogP contribution in [0.25, 0.3) is 0 Å². The number of hydrogen-bond acceptors (Lipinski definition) is 2. The van der Waals surface area contributed by atoms with Crippen molar-refractivity contribution in [3.05, 3.63) is 19.2 Å². The summed E-state index contributed by atoms with van der Waals surface area (Å²) in [5.74, 6) is 0. The maximum Gasteiger partial charge on any atom is 0.0713 e. The number of thiophene rings is 1. The Kier molecular flexibility index (Phi) is 2.91. The van der Waals surface area contributed by atoms with Gasteiger partial charge in [0.15, 0.2) is 0 Å². The second-order valence-corrected chi connectivity index (χ2v) is 5.37. The van der Waals surface area contributed by atoms with E-state index < -0.39 is 0 Å². The van der Waals surface area contributed by atoms with E-state index >= 15 is 0 Å². The van der Waals surface area contributed by atoms with E-state index in [2.05, 4.69) is 31.9 Å². The van der Waals surface area contributed by atoms with Gasteiger partial charge < -0.3 is 5.73 Å². The van der Waals surface area contributed by atoms with E-state index in [0.717, 1.165) is 8.26 Å². The quantitative estimate of drug-likeness (QED) is 0.841. The summed E-state index contributed by atoms with van der Waals surface area (Å²) in [6, 6.07) is 2.13. The van der Waals surface area contributed by atoms with Gasteiger partial charge in [0.2, 0.25) is 0 Å². The van der Waals surface area contributed by atoms with Gasteiger partial charge in [-0.3, -0.25) is 0 Å². The topological polar surface area (TPSA) is 26.0 Å². The molecule has 0 bridgehead atoms. The summed E-state index contributed by atoms with van der Waals surface area (Å²) in [7, 11) is 0. The molecule has 1 aromatic heterocycles. The van der Waals surface area contributed by atoms with Crippen molar-refractivity contribution in [2.24, 2.45) is 5.73 Å². The van der Waals surface area contributed by atoms with Crippen LogP contribution in [0.3, 0.4) is 0 Å². The lowest BCUT2D eigenvalue weighted by molar-refractivity contribution is 0.834. The first kappa shape index (κ1) is 8.71. The van der Waals surface area contributed by atoms with Crippen molar-refractivity contribution in [2.75, 3.05) is 0 Å². The van der Waals surface area contributed by atoms with E-state index in [1.54, 1.807) is 11.3 Å². The Hall–Kier alpha value is 0.620. The number of nitrogens with two attached hydrogens (primary N) is 1. The zero-order valence-corrected chi connectivity index (χ0v) is 9.38. The Balaban J connectivity index is 3.03. The molecule has 1 unspecified atom stereocenters. The van der Waals surface area contributed by atoms with Crippen LogP contribution in [0.2, 0.25) is 0 Å². The molecule has 0 aliphatic carbocycles. The van der Waals surface area contributed by atoms with Gasteiger partial charge in [-0.15, -0.1) is 11.3 Å². The van der Waals surface area contributed by atoms with Crippen molar-refractivity contribution in [3.63, 3.8) is 0 Å². The zero-order chi connectivity index (χ0) is 7.72. The predicted molar refractivity (Wildman–Crippen MR) is 52.3 cm³/mol. The van der Waals surface area contributed by atoms with Gasteiger partial charge in [0, 0.05) is 15.4 Å². The van der Waals surface area contributed by atoms with Crippen LogP contribution in [-0.2, 0) is 0 Å². The van der Waals surface area contributed by atoms with Gasteiger partial charge in [-0.2, -0.15) is 0 Å². The molecule has 4 heteroatoms. The molecule has 0 radical (unpaired) electrons. The highest BCUT2D eigenvalue weighted by Crippen LogP contribution is 2.34. The maximum absolute atomic E-state index is 5.69. The molecule has 1 rings (SSSR count). The minimum Gasteiger partial charge on any atom is -0.323 e. The fraction of sp³-hybridized carbons (Fsp3) is 0.333. The Labute approximate surface area is 80.9 Å². The number of hydrogen-bond donors (Lipinski definition) is 1. The van der Waals surface area contributed by atoms with Gasteiger partial charge in [-0.25, -0.2) is 0 Å². The van der Waals surface area contributed by atoms with E-state index in [1.807, 2.05) is 13.0 Å². The van der Waals surface area contributed by atoms with Crippen molar-refractivity contribution >= 4 is 43.2 Å². The molecule has 1 atom stereocenters. The molecule has 0 spiro atoms. The molecule has 10 heavy (non-hydrogen) atoms. The van der Waals surface area contributed by atoms with Crippen LogP contribution in [-0.4, -0.2) is 0 Å². The highest BCUT2D eigenvalue weighted by molar-refractivity contribution is 9.11. The molecule has 1 nitrogen and oxygen atoms in total. The van der Waals surface area contributed by atoms with Gasteiger partial charge >= 0.3 is 0 Å². The van der Waals surface area contributed by atoms with Gasteiger partial charge in [0.05, 0.1) is 3.79 Å². The highest BCUT2D eigenvalue weighted by atomic mass is 79.9. The molecule has 0 saturated carbocycles. The van der Waals surface area contributed by atoms with Crippen molar-refractivity contribution in [2.45, 2.75) is 13.0 Å². The van der Waals surface area contributed by atoms with Gasteiger partial charge in [-0.05, 0) is 44.8 Å². The highest BCUT2D eigenvalue weighted by Gasteiger charge is 2.08. The van der Waals surface area contributed by atoms with Crippen molar-refractivity contribution in [1.82, 2.24) is 0 Å². The van der Waals surface area contributed by atoms with Crippen LogP contribution in [0.5, 0.6) is 0 Å². The molecule has 56 valence electrons. The first-order valence-electron chi connectivity index (χ1n) is 2.81. The third-order valence-corrected chi connectivity index (χ3v) is 3.85. The molecule has 2 N–H and O–H groups in total. The standard InChI is InChI=1S/C6H7Br2NS/c1-3(9)6-4(7)2-5(8)10-6/h2-3H,9H2,1H3. The summed E-state index contributed by atoms with van der Waals surface area (Å²) < 4.78 is 2.21. The SMILES string of the molecule is CC(N)c1sc(Br)cc1Br. The third-order valence-electron chi connectivity index (χ3n) is 1.10. The zero-order valence-electron chi connectivity index (χ0n) is 5.40. The molecule has 0 aliphatic rings. The largest absolute Gasteiger partial charge is 0.323 e. The van der Waals surface area contributed by atoms with Crippen molar-refractivity contribution in [3.8, 4) is 0 Å². The van der Waals surface area contributed by atoms with Crippen LogP contribution in [0.1, 0.15) is 17.8 Å². The maximum atomic E-state index is 5.69. The van der Waals surface area contributed by atoms with Crippen molar-refractivity contribution < 1.29 is 0 Å². The summed E-state index contributed by atoms with van der Waals surface area (Å²) in [6.07, 6.45) is 0. The Morgan fingerprint density at radius 1 is 1.60 bits per heavy atom. The number of rotatable bonds is 1. The van der Waals surface area contributed by atoms with Crippen LogP contribution < -0.4 is 5.73 Å². The molecule has 0 aliphatic heterocycles. The van der Waals surface area contributed by atoms with Crippen LogP contribution in [0.4, 0.5) is 0 Å². The molecular formula is C6H7Br2NS. The average Bonchev–Trinajstić information content (AvgIpc) is 2.10. The summed E-state index contributed by atoms with van der Waals surface area (Å²) in [4.78, 5) is 1.19. The Bertz CT molecular complexity index is 232. The molecule has 0 saturated heterocycles. The van der Waals surface area contributed by atoms with Gasteiger partial charge in [0.1, 0.15) is 0 Å². The Morgan fingerprint density at radius 3 is 2.40 bits per heavy atom. The Morgan fingerprint density at radius 2 is 2.20 bits per heavy atom. The normalized spacial score (nSPS) is 13.6. The molecule has 0 fully saturated rings. The average molecular weight is 285 g/mol. The van der Waals surface area contributed by atoms with Crippen LogP contribution >= 0.6 is 43.2 Å². The molecule has 1 heterocycles. The summed E-state index contributed by atoms with van der Waals surface area (Å²) in [5.41, 5.74) is 5.69. The van der Waals surface area contributed by atoms with Crippen molar-refractivity contribution in [1.29, 1.82) is 0 Å². The first-order chi connectivity index (χ1) is 4.61. The fourth-order valence-electron chi connectivity index (χ4n) is 0.664. The van der Waals surface area contributed by atoms with E-state index in [1.165, 1.54) is 4.88 Å². The lowest BCUT2D eigenvalue weighted by Crippen LogP contribution is -2.02. The second kappa shape index (κ2) is 3.34. The minimum absolute atomic E-state index is 0.116. The van der Waals surface area contributed by atoms with E-state index in [-0.39, 0.29) is 6.04 Å². The minimum atomic E-state index is 0.116. The lowest BCUT2D eigenvalue weighted by atomic mass is 10.3. The van der Waals surface area contributed by atoms with E-state index in [0.29, 0.717) is 0 Å². The monoisotopic (exact) mass is 283 g/mol. The number of halogens is 2. The van der Waals surface area contributed by atoms with Gasteiger partial charge in [0.25, 0.3) is 0 Å². The first-order valence-corrected chi connectivity index (χ1v) is 5.22. The summed E-state index contributed by atoms with van der Waals surface area (Å²) >= 11 is 8.47. The molecule has 1 aromatic rings. The van der Waals surface area contributed by atoms with Crippen LogP contribution in [0, 0.1) is 0 Å². The summed E-state index contributed by atoms with van der Waals surface area (Å²) in [5, 5.41) is 0. The van der Waals surface area contributed by atoms with E-state index in [9.17, 15) is 0 Å². The van der Waals surface area contributed by atoms with Crippen LogP contribution in [0.15, 0.2) is 14.3 Å². The van der Waals surface area contributed by atoms with Gasteiger partial charge in [-0.1, -0.05) is 0 Å². The molecular weight excluding hydrogens is 278 g/mol. The third kappa shape index (κ3) is 1.81. The molecule has 0 amide bonds. The van der Waals surface area contributed by atoms with E-state index in [4.69, 9.17) is 5.73 Å². The fourth-order valence-corrected chi connectivity index (χ4v) is 3.44. The predicted octanol–water partition coefficient (Wildman–Crippen LogP) is 3.29. The second-order valence-electron chi connectivity index (χ2n) is 2.05.